The van der Waals surface area contributed by atoms with Crippen LogP contribution < -0.4 is 10.2 Å². The van der Waals surface area contributed by atoms with E-state index in [1.54, 1.807) is 30.6 Å². The predicted octanol–water partition coefficient (Wildman–Crippen LogP) is 4.14. The lowest BCUT2D eigenvalue weighted by Crippen LogP contribution is -2.19. The lowest BCUT2D eigenvalue weighted by molar-refractivity contribution is 0.102. The van der Waals surface area contributed by atoms with Crippen LogP contribution in [0.15, 0.2) is 48.8 Å². The standard InChI is InChI=1S/C19H17ClN4O/c20-14-5-3-13(4-6-14)19(25)23-15-7-8-16-17(11-15)21-12-22-18(16)24-9-1-2-10-24/h3-8,11-12H,1-2,9-10H2,(H,23,25). The fourth-order valence-electron chi connectivity index (χ4n) is 3.11. The van der Waals surface area contributed by atoms with Crippen LogP contribution in [0.25, 0.3) is 10.9 Å². The molecule has 1 N–H and O–H groups in total. The number of aromatic nitrogens is 2. The molecule has 2 aromatic carbocycles. The molecule has 1 saturated heterocycles. The summed E-state index contributed by atoms with van der Waals surface area (Å²) < 4.78 is 0. The van der Waals surface area contributed by atoms with Gasteiger partial charge in [-0.05, 0) is 55.3 Å². The normalized spacial score (nSPS) is 14.0. The first-order valence-corrected chi connectivity index (χ1v) is 8.65. The minimum absolute atomic E-state index is 0.176. The highest BCUT2D eigenvalue weighted by molar-refractivity contribution is 6.30. The Kier molecular flexibility index (Phi) is 4.24. The van der Waals surface area contributed by atoms with Crippen LogP contribution in [0.2, 0.25) is 5.02 Å². The van der Waals surface area contributed by atoms with Crippen molar-refractivity contribution in [1.82, 2.24) is 9.97 Å². The number of halogens is 1. The quantitative estimate of drug-likeness (QED) is 0.769. The zero-order valence-electron chi connectivity index (χ0n) is 13.6. The number of nitrogens with one attached hydrogen (secondary N) is 1. The molecule has 2 heterocycles. The van der Waals surface area contributed by atoms with E-state index in [9.17, 15) is 4.79 Å². The third-order valence-corrected chi connectivity index (χ3v) is 4.64. The predicted molar refractivity (Wildman–Crippen MR) is 100 cm³/mol. The van der Waals surface area contributed by atoms with Crippen LogP contribution in [0.1, 0.15) is 23.2 Å². The van der Waals surface area contributed by atoms with Gasteiger partial charge in [0.05, 0.1) is 5.52 Å². The van der Waals surface area contributed by atoms with Crippen molar-refractivity contribution >= 4 is 39.9 Å². The summed E-state index contributed by atoms with van der Waals surface area (Å²) in [6.45, 7) is 2.06. The van der Waals surface area contributed by atoms with Crippen LogP contribution in [-0.4, -0.2) is 29.0 Å². The number of anilines is 2. The number of benzene rings is 2. The van der Waals surface area contributed by atoms with Crippen molar-refractivity contribution in [2.24, 2.45) is 0 Å². The highest BCUT2D eigenvalue weighted by Crippen LogP contribution is 2.27. The summed E-state index contributed by atoms with van der Waals surface area (Å²) in [4.78, 5) is 23.4. The maximum atomic E-state index is 12.3. The van der Waals surface area contributed by atoms with Crippen molar-refractivity contribution in [3.05, 3.63) is 59.4 Å². The van der Waals surface area contributed by atoms with Crippen LogP contribution in [0.5, 0.6) is 0 Å². The summed E-state index contributed by atoms with van der Waals surface area (Å²) in [5.74, 6) is 0.794. The Morgan fingerprint density at radius 1 is 1.04 bits per heavy atom. The lowest BCUT2D eigenvalue weighted by atomic mass is 10.1. The second-order valence-electron chi connectivity index (χ2n) is 6.08. The zero-order valence-corrected chi connectivity index (χ0v) is 14.3. The van der Waals surface area contributed by atoms with E-state index in [-0.39, 0.29) is 5.91 Å². The van der Waals surface area contributed by atoms with Crippen molar-refractivity contribution in [3.63, 3.8) is 0 Å². The molecule has 25 heavy (non-hydrogen) atoms. The van der Waals surface area contributed by atoms with E-state index >= 15 is 0 Å². The van der Waals surface area contributed by atoms with Gasteiger partial charge in [0, 0.05) is 34.7 Å². The molecule has 1 aliphatic heterocycles. The number of hydrogen-bond donors (Lipinski definition) is 1. The summed E-state index contributed by atoms with van der Waals surface area (Å²) >= 11 is 5.86. The molecule has 0 unspecified atom stereocenters. The van der Waals surface area contributed by atoms with E-state index in [0.717, 1.165) is 29.8 Å². The second-order valence-corrected chi connectivity index (χ2v) is 6.52. The van der Waals surface area contributed by atoms with E-state index in [4.69, 9.17) is 11.6 Å². The number of nitrogens with zero attached hydrogens (tertiary/aromatic N) is 3. The van der Waals surface area contributed by atoms with Crippen LogP contribution in [0.3, 0.4) is 0 Å². The third-order valence-electron chi connectivity index (χ3n) is 4.39. The maximum Gasteiger partial charge on any atom is 0.255 e. The summed E-state index contributed by atoms with van der Waals surface area (Å²) in [5.41, 5.74) is 2.09. The second kappa shape index (κ2) is 6.69. The van der Waals surface area contributed by atoms with Gasteiger partial charge in [-0.2, -0.15) is 0 Å². The third kappa shape index (κ3) is 3.28. The topological polar surface area (TPSA) is 58.1 Å². The van der Waals surface area contributed by atoms with Crippen molar-refractivity contribution in [1.29, 1.82) is 0 Å². The maximum absolute atomic E-state index is 12.3. The van der Waals surface area contributed by atoms with Crippen LogP contribution in [0, 0.1) is 0 Å². The van der Waals surface area contributed by atoms with Gasteiger partial charge in [0.15, 0.2) is 0 Å². The Bertz CT molecular complexity index is 920. The van der Waals surface area contributed by atoms with Gasteiger partial charge in [-0.25, -0.2) is 9.97 Å². The first-order valence-electron chi connectivity index (χ1n) is 8.27. The number of carbonyl (C=O) groups is 1. The van der Waals surface area contributed by atoms with Crippen LogP contribution in [-0.2, 0) is 0 Å². The summed E-state index contributed by atoms with van der Waals surface area (Å²) in [6, 6.07) is 12.5. The minimum atomic E-state index is -0.176. The van der Waals surface area contributed by atoms with Gasteiger partial charge in [-0.15, -0.1) is 0 Å². The molecule has 4 rings (SSSR count). The highest BCUT2D eigenvalue weighted by Gasteiger charge is 2.16. The Morgan fingerprint density at radius 3 is 2.56 bits per heavy atom. The van der Waals surface area contributed by atoms with Gasteiger partial charge in [0.1, 0.15) is 12.1 Å². The average Bonchev–Trinajstić information content (AvgIpc) is 3.16. The molecule has 1 aliphatic rings. The molecule has 0 saturated carbocycles. The van der Waals surface area contributed by atoms with E-state index in [1.807, 2.05) is 18.2 Å². The lowest BCUT2D eigenvalue weighted by Gasteiger charge is -2.18. The molecular weight excluding hydrogens is 336 g/mol. The summed E-state index contributed by atoms with van der Waals surface area (Å²) in [6.07, 6.45) is 3.97. The van der Waals surface area contributed by atoms with E-state index in [1.165, 1.54) is 12.8 Å². The Balaban J connectivity index is 1.61. The van der Waals surface area contributed by atoms with Crippen molar-refractivity contribution in [2.45, 2.75) is 12.8 Å². The fourth-order valence-corrected chi connectivity index (χ4v) is 3.23. The molecule has 1 aromatic heterocycles. The molecule has 0 radical (unpaired) electrons. The molecule has 0 atom stereocenters. The Hall–Kier alpha value is -2.66. The van der Waals surface area contributed by atoms with Gasteiger partial charge in [-0.3, -0.25) is 4.79 Å². The summed E-state index contributed by atoms with van der Waals surface area (Å²) in [7, 11) is 0. The summed E-state index contributed by atoms with van der Waals surface area (Å²) in [5, 5.41) is 4.52. The van der Waals surface area contributed by atoms with Gasteiger partial charge < -0.3 is 10.2 Å². The molecular formula is C19H17ClN4O. The first-order chi connectivity index (χ1) is 12.2. The molecule has 1 amide bonds. The number of amides is 1. The van der Waals surface area contributed by atoms with Crippen molar-refractivity contribution in [2.75, 3.05) is 23.3 Å². The number of fused-ring (bicyclic) bond motifs is 1. The van der Waals surface area contributed by atoms with Crippen LogP contribution in [0.4, 0.5) is 11.5 Å². The first kappa shape index (κ1) is 15.8. The molecule has 5 nitrogen and oxygen atoms in total. The number of hydrogen-bond acceptors (Lipinski definition) is 4. The molecule has 0 bridgehead atoms. The minimum Gasteiger partial charge on any atom is -0.356 e. The molecule has 126 valence electrons. The van der Waals surface area contributed by atoms with Gasteiger partial charge in [-0.1, -0.05) is 11.6 Å². The number of carbonyl (C=O) groups excluding carboxylic acids is 1. The molecule has 6 heteroatoms. The average molecular weight is 353 g/mol. The van der Waals surface area contributed by atoms with Crippen molar-refractivity contribution < 1.29 is 4.79 Å². The Morgan fingerprint density at radius 2 is 1.80 bits per heavy atom. The molecule has 1 fully saturated rings. The monoisotopic (exact) mass is 352 g/mol. The van der Waals surface area contributed by atoms with Gasteiger partial charge in [0.25, 0.3) is 5.91 Å². The molecule has 3 aromatic rings. The van der Waals surface area contributed by atoms with E-state index < -0.39 is 0 Å². The van der Waals surface area contributed by atoms with Crippen LogP contribution >= 0.6 is 11.6 Å². The fraction of sp³-hybridized carbons (Fsp3) is 0.211. The van der Waals surface area contributed by atoms with Gasteiger partial charge in [0.2, 0.25) is 0 Å². The smallest absolute Gasteiger partial charge is 0.255 e. The SMILES string of the molecule is O=C(Nc1ccc2c(N3CCCC3)ncnc2c1)c1ccc(Cl)cc1. The van der Waals surface area contributed by atoms with Crippen molar-refractivity contribution in [3.8, 4) is 0 Å². The van der Waals surface area contributed by atoms with Gasteiger partial charge >= 0.3 is 0 Å². The molecule has 0 aliphatic carbocycles. The van der Waals surface area contributed by atoms with E-state index in [0.29, 0.717) is 16.3 Å². The highest BCUT2D eigenvalue weighted by atomic mass is 35.5. The zero-order chi connectivity index (χ0) is 17.2. The molecule has 0 spiro atoms. The largest absolute Gasteiger partial charge is 0.356 e. The Labute approximate surface area is 150 Å². The van der Waals surface area contributed by atoms with E-state index in [2.05, 4.69) is 20.2 Å². The number of rotatable bonds is 3.